The molecule has 0 radical (unpaired) electrons. The van der Waals surface area contributed by atoms with Gasteiger partial charge in [-0.15, -0.1) is 0 Å². The molecule has 2 heterocycles. The van der Waals surface area contributed by atoms with Gasteiger partial charge in [0.05, 0.1) is 34.7 Å². The van der Waals surface area contributed by atoms with Crippen LogP contribution in [0.25, 0.3) is 16.6 Å². The summed E-state index contributed by atoms with van der Waals surface area (Å²) < 4.78 is 29.1. The number of benzene rings is 3. The lowest BCUT2D eigenvalue weighted by Crippen LogP contribution is -2.25. The zero-order valence-corrected chi connectivity index (χ0v) is 21.4. The lowest BCUT2D eigenvalue weighted by atomic mass is 10.2. The molecular formula is C28H22ClFN4O4. The van der Waals surface area contributed by atoms with Crippen molar-refractivity contribution >= 4 is 34.1 Å². The molecule has 3 aromatic carbocycles. The molecule has 38 heavy (non-hydrogen) atoms. The predicted octanol–water partition coefficient (Wildman–Crippen LogP) is 5.88. The van der Waals surface area contributed by atoms with E-state index in [1.54, 1.807) is 74.3 Å². The Hall–Kier alpha value is -4.63. The van der Waals surface area contributed by atoms with Gasteiger partial charge >= 0.3 is 0 Å². The summed E-state index contributed by atoms with van der Waals surface area (Å²) in [6.45, 7) is 1.66. The minimum Gasteiger partial charge on any atom is -0.497 e. The van der Waals surface area contributed by atoms with Crippen LogP contribution in [0.3, 0.4) is 0 Å². The van der Waals surface area contributed by atoms with Crippen LogP contribution >= 0.6 is 11.6 Å². The van der Waals surface area contributed by atoms with E-state index in [1.807, 2.05) is 6.07 Å². The van der Waals surface area contributed by atoms with Crippen LogP contribution in [0.1, 0.15) is 16.1 Å². The monoisotopic (exact) mass is 532 g/mol. The topological polar surface area (TPSA) is 87.4 Å². The first-order valence-corrected chi connectivity index (χ1v) is 11.9. The number of halogens is 2. The summed E-state index contributed by atoms with van der Waals surface area (Å²) in [5, 5.41) is 3.24. The van der Waals surface area contributed by atoms with Crippen LogP contribution in [0.5, 0.6) is 17.2 Å². The van der Waals surface area contributed by atoms with Gasteiger partial charge in [0.25, 0.3) is 11.5 Å². The molecule has 1 amide bonds. The maximum Gasteiger partial charge on any atom is 0.284 e. The minimum atomic E-state index is -0.755. The van der Waals surface area contributed by atoms with Gasteiger partial charge < -0.3 is 14.8 Å². The van der Waals surface area contributed by atoms with Gasteiger partial charge in [-0.25, -0.2) is 9.07 Å². The van der Waals surface area contributed by atoms with Crippen molar-refractivity contribution < 1.29 is 18.7 Å². The Morgan fingerprint density at radius 2 is 1.82 bits per heavy atom. The number of nitrogens with one attached hydrogen (secondary N) is 1. The van der Waals surface area contributed by atoms with E-state index < -0.39 is 17.3 Å². The van der Waals surface area contributed by atoms with Crippen LogP contribution in [-0.2, 0) is 7.05 Å². The number of aromatic nitrogens is 3. The van der Waals surface area contributed by atoms with E-state index in [9.17, 15) is 9.59 Å². The van der Waals surface area contributed by atoms with Gasteiger partial charge in [0.1, 0.15) is 17.1 Å². The fraction of sp³-hybridized carbons (Fsp3) is 0.107. The van der Waals surface area contributed by atoms with Crippen molar-refractivity contribution in [2.45, 2.75) is 6.92 Å². The highest BCUT2D eigenvalue weighted by molar-refractivity contribution is 6.34. The molecule has 0 atom stereocenters. The SMILES string of the molecule is COc1ccc2c(Oc3cc(Cl)c(NC(=O)c4c(C)n(C)n(-c5ccccc5)c4=O)cc3F)ccnc2c1. The average molecular weight is 533 g/mol. The normalized spacial score (nSPS) is 11.0. The van der Waals surface area contributed by atoms with Gasteiger partial charge in [-0.2, -0.15) is 0 Å². The Bertz CT molecular complexity index is 1750. The highest BCUT2D eigenvalue weighted by Gasteiger charge is 2.23. The number of amides is 1. The van der Waals surface area contributed by atoms with Crippen molar-refractivity contribution in [3.05, 3.63) is 105 Å². The third-order valence-electron chi connectivity index (χ3n) is 6.18. The zero-order chi connectivity index (χ0) is 27.0. The Labute approximate surface area is 221 Å². The second-order valence-electron chi connectivity index (χ2n) is 8.45. The number of rotatable bonds is 6. The number of methoxy groups -OCH3 is 1. The molecule has 0 spiro atoms. The quantitative estimate of drug-likeness (QED) is 0.295. The molecule has 0 aliphatic heterocycles. The first kappa shape index (κ1) is 25.0. The van der Waals surface area contributed by atoms with Crippen molar-refractivity contribution in [2.24, 2.45) is 7.05 Å². The third kappa shape index (κ3) is 4.48. The Kier molecular flexibility index (Phi) is 6.61. The van der Waals surface area contributed by atoms with E-state index in [-0.39, 0.29) is 22.0 Å². The molecule has 0 fully saturated rings. The molecule has 0 bridgehead atoms. The molecule has 0 unspecified atom stereocenters. The Morgan fingerprint density at radius 1 is 1.05 bits per heavy atom. The second kappa shape index (κ2) is 10.0. The van der Waals surface area contributed by atoms with Crippen LogP contribution in [0.4, 0.5) is 10.1 Å². The molecule has 0 saturated carbocycles. The van der Waals surface area contributed by atoms with Crippen LogP contribution in [0.15, 0.2) is 77.7 Å². The number of hydrogen-bond acceptors (Lipinski definition) is 5. The number of anilines is 1. The van der Waals surface area contributed by atoms with Crippen LogP contribution in [0.2, 0.25) is 5.02 Å². The Morgan fingerprint density at radius 3 is 2.55 bits per heavy atom. The van der Waals surface area contributed by atoms with Gasteiger partial charge in [0, 0.05) is 36.8 Å². The van der Waals surface area contributed by atoms with Crippen molar-refractivity contribution in [2.75, 3.05) is 12.4 Å². The lowest BCUT2D eigenvalue weighted by molar-refractivity contribution is 0.102. The maximum absolute atomic E-state index is 15.1. The highest BCUT2D eigenvalue weighted by atomic mass is 35.5. The molecule has 10 heteroatoms. The maximum atomic E-state index is 15.1. The van der Waals surface area contributed by atoms with Crippen molar-refractivity contribution in [3.8, 4) is 22.9 Å². The van der Waals surface area contributed by atoms with Crippen molar-refractivity contribution in [1.29, 1.82) is 0 Å². The number of ether oxygens (including phenoxy) is 2. The summed E-state index contributed by atoms with van der Waals surface area (Å²) in [5.41, 5.74) is 1.07. The predicted molar refractivity (Wildman–Crippen MR) is 143 cm³/mol. The molecule has 0 aliphatic carbocycles. The molecular weight excluding hydrogens is 511 g/mol. The smallest absolute Gasteiger partial charge is 0.284 e. The third-order valence-corrected chi connectivity index (χ3v) is 6.49. The first-order valence-electron chi connectivity index (χ1n) is 11.5. The largest absolute Gasteiger partial charge is 0.497 e. The summed E-state index contributed by atoms with van der Waals surface area (Å²) in [7, 11) is 3.23. The standard InChI is InChI=1S/C28H22ClFN4O4/c1-16-26(28(36)34(33(16)2)17-7-5-4-6-8-17)27(35)32-23-15-21(30)25(14-20(23)29)38-24-11-12-31-22-13-18(37-3)9-10-19(22)24/h4-15H,1-3H3,(H,32,35). The van der Waals surface area contributed by atoms with E-state index in [2.05, 4.69) is 10.3 Å². The molecule has 5 rings (SSSR count). The van der Waals surface area contributed by atoms with E-state index in [0.29, 0.717) is 33.8 Å². The van der Waals surface area contributed by atoms with Crippen molar-refractivity contribution in [3.63, 3.8) is 0 Å². The second-order valence-corrected chi connectivity index (χ2v) is 8.85. The van der Waals surface area contributed by atoms with E-state index >= 15 is 4.39 Å². The summed E-state index contributed by atoms with van der Waals surface area (Å²) in [4.78, 5) is 30.6. The van der Waals surface area contributed by atoms with Gasteiger partial charge in [-0.05, 0) is 37.3 Å². The molecule has 5 aromatic rings. The number of carbonyl (C=O) groups excluding carboxylic acids is 1. The number of nitrogens with zero attached hydrogens (tertiary/aromatic N) is 3. The van der Waals surface area contributed by atoms with Crippen LogP contribution in [-0.4, -0.2) is 27.4 Å². The van der Waals surface area contributed by atoms with Crippen molar-refractivity contribution in [1.82, 2.24) is 14.3 Å². The van der Waals surface area contributed by atoms with E-state index in [1.165, 1.54) is 16.9 Å². The molecule has 0 aliphatic rings. The van der Waals surface area contributed by atoms with E-state index in [4.69, 9.17) is 21.1 Å². The van der Waals surface area contributed by atoms with Gasteiger partial charge in [-0.1, -0.05) is 29.8 Å². The number of hydrogen-bond donors (Lipinski definition) is 1. The fourth-order valence-electron chi connectivity index (χ4n) is 4.15. The van der Waals surface area contributed by atoms with E-state index in [0.717, 1.165) is 6.07 Å². The number of para-hydroxylation sites is 1. The lowest BCUT2D eigenvalue weighted by Gasteiger charge is -2.13. The van der Waals surface area contributed by atoms with Gasteiger partial charge in [0.15, 0.2) is 11.6 Å². The summed E-state index contributed by atoms with van der Waals surface area (Å²) in [6.07, 6.45) is 1.54. The summed E-state index contributed by atoms with van der Waals surface area (Å²) >= 11 is 6.39. The summed E-state index contributed by atoms with van der Waals surface area (Å²) in [6, 6.07) is 18.1. The first-order chi connectivity index (χ1) is 18.3. The van der Waals surface area contributed by atoms with Crippen LogP contribution < -0.4 is 20.3 Å². The number of carbonyl (C=O) groups is 1. The van der Waals surface area contributed by atoms with Crippen LogP contribution in [0, 0.1) is 12.7 Å². The molecule has 192 valence electrons. The average Bonchev–Trinajstić information content (AvgIpc) is 3.14. The van der Waals surface area contributed by atoms with Gasteiger partial charge in [0.2, 0.25) is 0 Å². The molecule has 8 nitrogen and oxygen atoms in total. The Balaban J connectivity index is 1.43. The highest BCUT2D eigenvalue weighted by Crippen LogP contribution is 2.36. The van der Waals surface area contributed by atoms with Gasteiger partial charge in [-0.3, -0.25) is 19.3 Å². The number of fused-ring (bicyclic) bond motifs is 1. The minimum absolute atomic E-state index is 0.000228. The summed E-state index contributed by atoms with van der Waals surface area (Å²) in [5.74, 6) is -0.610. The zero-order valence-electron chi connectivity index (χ0n) is 20.7. The molecule has 2 aromatic heterocycles. The number of pyridine rings is 1. The fourth-order valence-corrected chi connectivity index (χ4v) is 4.35. The molecule has 0 saturated heterocycles. The molecule has 1 N–H and O–H groups in total.